The van der Waals surface area contributed by atoms with Gasteiger partial charge in [-0.15, -0.1) is 0 Å². The Bertz CT molecular complexity index is 564. The molecule has 0 unspecified atom stereocenters. The average molecular weight is 242 g/mol. The lowest BCUT2D eigenvalue weighted by atomic mass is 10.1. The van der Waals surface area contributed by atoms with Gasteiger partial charge in [0.25, 0.3) is 0 Å². The number of nitrogens with one attached hydrogen (secondary N) is 1. The number of benzene rings is 2. The van der Waals surface area contributed by atoms with E-state index in [1.807, 2.05) is 50.2 Å². The second-order valence-corrected chi connectivity index (χ2v) is 4.33. The lowest BCUT2D eigenvalue weighted by molar-refractivity contribution is 0.414. The minimum Gasteiger partial charge on any atom is -0.497 e. The molecule has 0 fully saturated rings. The Balaban J connectivity index is 2.31. The topological polar surface area (TPSA) is 47.3 Å². The number of methoxy groups -OCH3 is 1. The van der Waals surface area contributed by atoms with Gasteiger partial charge in [-0.05, 0) is 55.3 Å². The Hall–Kier alpha value is -2.16. The molecule has 0 saturated heterocycles. The van der Waals surface area contributed by atoms with Gasteiger partial charge in [-0.1, -0.05) is 6.07 Å². The molecule has 0 aromatic heterocycles. The van der Waals surface area contributed by atoms with Crippen LogP contribution in [0, 0.1) is 13.8 Å². The molecule has 2 rings (SSSR count). The van der Waals surface area contributed by atoms with E-state index in [2.05, 4.69) is 5.32 Å². The zero-order chi connectivity index (χ0) is 13.1. The SMILES string of the molecule is COc1ccc(Nc2cccc(N)c2C)c(C)c1. The molecule has 2 aromatic rings. The molecule has 0 aliphatic heterocycles. The largest absolute Gasteiger partial charge is 0.497 e. The monoisotopic (exact) mass is 242 g/mol. The lowest BCUT2D eigenvalue weighted by Crippen LogP contribution is -1.98. The summed E-state index contributed by atoms with van der Waals surface area (Å²) in [6, 6.07) is 11.8. The molecule has 0 radical (unpaired) electrons. The zero-order valence-corrected chi connectivity index (χ0v) is 10.9. The van der Waals surface area contributed by atoms with Crippen LogP contribution in [-0.4, -0.2) is 7.11 Å². The fourth-order valence-electron chi connectivity index (χ4n) is 1.84. The minimum atomic E-state index is 0.797. The molecule has 0 amide bonds. The van der Waals surface area contributed by atoms with Gasteiger partial charge < -0.3 is 15.8 Å². The highest BCUT2D eigenvalue weighted by Crippen LogP contribution is 2.28. The Morgan fingerprint density at radius 2 is 1.83 bits per heavy atom. The molecule has 3 heteroatoms. The van der Waals surface area contributed by atoms with Crippen LogP contribution < -0.4 is 15.8 Å². The van der Waals surface area contributed by atoms with Crippen LogP contribution in [0.25, 0.3) is 0 Å². The number of anilines is 3. The first-order valence-electron chi connectivity index (χ1n) is 5.88. The van der Waals surface area contributed by atoms with E-state index in [0.29, 0.717) is 0 Å². The van der Waals surface area contributed by atoms with E-state index in [1.54, 1.807) is 7.11 Å². The van der Waals surface area contributed by atoms with E-state index < -0.39 is 0 Å². The third kappa shape index (κ3) is 2.40. The maximum Gasteiger partial charge on any atom is 0.119 e. The highest BCUT2D eigenvalue weighted by Gasteiger charge is 2.04. The summed E-state index contributed by atoms with van der Waals surface area (Å²) in [6.07, 6.45) is 0. The number of rotatable bonds is 3. The van der Waals surface area contributed by atoms with E-state index in [1.165, 1.54) is 0 Å². The van der Waals surface area contributed by atoms with Crippen LogP contribution in [0.2, 0.25) is 0 Å². The fraction of sp³-hybridized carbons (Fsp3) is 0.200. The molecule has 18 heavy (non-hydrogen) atoms. The molecule has 0 atom stereocenters. The summed E-state index contributed by atoms with van der Waals surface area (Å²) in [6.45, 7) is 4.06. The quantitative estimate of drug-likeness (QED) is 0.808. The number of ether oxygens (including phenoxy) is 1. The molecule has 2 aromatic carbocycles. The van der Waals surface area contributed by atoms with Crippen molar-refractivity contribution in [3.63, 3.8) is 0 Å². The van der Waals surface area contributed by atoms with Crippen molar-refractivity contribution in [3.8, 4) is 5.75 Å². The van der Waals surface area contributed by atoms with Crippen molar-refractivity contribution in [1.29, 1.82) is 0 Å². The summed E-state index contributed by atoms with van der Waals surface area (Å²) >= 11 is 0. The maximum absolute atomic E-state index is 5.90. The molecule has 0 aliphatic carbocycles. The van der Waals surface area contributed by atoms with Crippen molar-refractivity contribution in [2.45, 2.75) is 13.8 Å². The standard InChI is InChI=1S/C15H18N2O/c1-10-9-12(18-3)7-8-14(10)17-15-6-4-5-13(16)11(15)2/h4-9,17H,16H2,1-3H3. The maximum atomic E-state index is 5.90. The van der Waals surface area contributed by atoms with Crippen molar-refractivity contribution >= 4 is 17.1 Å². The summed E-state index contributed by atoms with van der Waals surface area (Å²) in [5, 5.41) is 3.40. The van der Waals surface area contributed by atoms with Gasteiger partial charge in [0.15, 0.2) is 0 Å². The third-order valence-corrected chi connectivity index (χ3v) is 3.08. The first kappa shape index (κ1) is 12.3. The summed E-state index contributed by atoms with van der Waals surface area (Å²) in [7, 11) is 1.67. The molecule has 0 heterocycles. The van der Waals surface area contributed by atoms with Gasteiger partial charge in [0.1, 0.15) is 5.75 Å². The molecule has 0 spiro atoms. The summed E-state index contributed by atoms with van der Waals surface area (Å²) in [5.41, 5.74) is 11.0. The minimum absolute atomic E-state index is 0.797. The fourth-order valence-corrected chi connectivity index (χ4v) is 1.84. The van der Waals surface area contributed by atoms with Gasteiger partial charge in [0.05, 0.1) is 7.11 Å². The summed E-state index contributed by atoms with van der Waals surface area (Å²) < 4.78 is 5.20. The first-order chi connectivity index (χ1) is 8.61. The van der Waals surface area contributed by atoms with Crippen LogP contribution >= 0.6 is 0 Å². The van der Waals surface area contributed by atoms with Gasteiger partial charge in [-0.3, -0.25) is 0 Å². The summed E-state index contributed by atoms with van der Waals surface area (Å²) in [4.78, 5) is 0. The average Bonchev–Trinajstić information content (AvgIpc) is 2.37. The second-order valence-electron chi connectivity index (χ2n) is 4.33. The van der Waals surface area contributed by atoms with Gasteiger partial charge in [0, 0.05) is 17.1 Å². The van der Waals surface area contributed by atoms with E-state index >= 15 is 0 Å². The number of hydrogen-bond donors (Lipinski definition) is 2. The van der Waals surface area contributed by atoms with Crippen molar-refractivity contribution in [1.82, 2.24) is 0 Å². The smallest absolute Gasteiger partial charge is 0.119 e. The van der Waals surface area contributed by atoms with Gasteiger partial charge in [0.2, 0.25) is 0 Å². The molecule has 0 aliphatic rings. The van der Waals surface area contributed by atoms with Gasteiger partial charge in [-0.25, -0.2) is 0 Å². The third-order valence-electron chi connectivity index (χ3n) is 3.08. The summed E-state index contributed by atoms with van der Waals surface area (Å²) in [5.74, 6) is 0.863. The Morgan fingerprint density at radius 1 is 1.06 bits per heavy atom. The first-order valence-corrected chi connectivity index (χ1v) is 5.88. The van der Waals surface area contributed by atoms with Crippen molar-refractivity contribution in [3.05, 3.63) is 47.5 Å². The number of nitrogen functional groups attached to an aromatic ring is 1. The van der Waals surface area contributed by atoms with Crippen LogP contribution in [0.5, 0.6) is 5.75 Å². The van der Waals surface area contributed by atoms with E-state index in [-0.39, 0.29) is 0 Å². The highest BCUT2D eigenvalue weighted by molar-refractivity contribution is 5.71. The molecule has 94 valence electrons. The van der Waals surface area contributed by atoms with Crippen molar-refractivity contribution in [2.24, 2.45) is 0 Å². The predicted molar refractivity (Wildman–Crippen MR) is 76.6 cm³/mol. The molecule has 0 bridgehead atoms. The molecule has 0 saturated carbocycles. The van der Waals surface area contributed by atoms with Crippen molar-refractivity contribution < 1.29 is 4.74 Å². The van der Waals surface area contributed by atoms with E-state index in [0.717, 1.165) is 33.9 Å². The number of nitrogens with two attached hydrogens (primary N) is 1. The normalized spacial score (nSPS) is 10.2. The Labute approximate surface area is 108 Å². The zero-order valence-electron chi connectivity index (χ0n) is 10.9. The Morgan fingerprint density at radius 3 is 2.50 bits per heavy atom. The molecular weight excluding hydrogens is 224 g/mol. The predicted octanol–water partition coefficient (Wildman–Crippen LogP) is 3.64. The molecular formula is C15H18N2O. The molecule has 3 nitrogen and oxygen atoms in total. The highest BCUT2D eigenvalue weighted by atomic mass is 16.5. The number of aryl methyl sites for hydroxylation is 1. The lowest BCUT2D eigenvalue weighted by Gasteiger charge is -2.14. The number of hydrogen-bond acceptors (Lipinski definition) is 3. The van der Waals surface area contributed by atoms with E-state index in [4.69, 9.17) is 10.5 Å². The molecule has 3 N–H and O–H groups in total. The van der Waals surface area contributed by atoms with E-state index in [9.17, 15) is 0 Å². The van der Waals surface area contributed by atoms with Crippen LogP contribution in [-0.2, 0) is 0 Å². The van der Waals surface area contributed by atoms with Crippen molar-refractivity contribution in [2.75, 3.05) is 18.2 Å². The van der Waals surface area contributed by atoms with Crippen LogP contribution in [0.4, 0.5) is 17.1 Å². The van der Waals surface area contributed by atoms with Crippen LogP contribution in [0.3, 0.4) is 0 Å². The van der Waals surface area contributed by atoms with Gasteiger partial charge in [-0.2, -0.15) is 0 Å². The van der Waals surface area contributed by atoms with Crippen LogP contribution in [0.1, 0.15) is 11.1 Å². The second kappa shape index (κ2) is 5.00. The van der Waals surface area contributed by atoms with Crippen LogP contribution in [0.15, 0.2) is 36.4 Å². The Kier molecular flexibility index (Phi) is 3.42. The van der Waals surface area contributed by atoms with Gasteiger partial charge >= 0.3 is 0 Å².